The Bertz CT molecular complexity index is 535. The van der Waals surface area contributed by atoms with E-state index in [1.54, 1.807) is 13.8 Å². The Balaban J connectivity index is 4.32. The monoisotopic (exact) mass is 467 g/mol. The van der Waals surface area contributed by atoms with Gasteiger partial charge in [-0.1, -0.05) is 88.0 Å². The first-order chi connectivity index (χ1) is 13.9. The topological polar surface area (TPSA) is 72.8 Å². The lowest BCUT2D eigenvalue weighted by Gasteiger charge is -2.23. The molecule has 1 N–H and O–H groups in total. The summed E-state index contributed by atoms with van der Waals surface area (Å²) in [6.45, 7) is 7.59. The largest absolute Gasteiger partial charge is 0.425 e. The Morgan fingerprint density at radius 3 is 2.07 bits per heavy atom. The molecule has 0 rings (SSSR count). The van der Waals surface area contributed by atoms with E-state index in [9.17, 15) is 14.0 Å². The third-order valence-corrected chi connectivity index (χ3v) is 8.77. The van der Waals surface area contributed by atoms with Gasteiger partial charge in [0.05, 0.1) is 12.7 Å². The number of hydrogen-bond acceptors (Lipinski definition) is 5. The van der Waals surface area contributed by atoms with Crippen LogP contribution >= 0.6 is 27.8 Å². The fourth-order valence-electron chi connectivity index (χ4n) is 2.72. The van der Waals surface area contributed by atoms with Gasteiger partial charge in [0.1, 0.15) is 0 Å². The molecule has 0 heterocycles. The summed E-state index contributed by atoms with van der Waals surface area (Å²) >= 11 is 1.38. The third-order valence-electron chi connectivity index (χ3n) is 4.68. The van der Waals surface area contributed by atoms with Crippen LogP contribution in [0.3, 0.4) is 0 Å². The van der Waals surface area contributed by atoms with Crippen molar-refractivity contribution in [3.63, 3.8) is 0 Å². The minimum absolute atomic E-state index is 0.126. The van der Waals surface area contributed by atoms with Crippen LogP contribution in [0.4, 0.5) is 0 Å². The second-order valence-corrected chi connectivity index (χ2v) is 11.4. The molecule has 0 aliphatic rings. The van der Waals surface area contributed by atoms with Crippen LogP contribution in [-0.4, -0.2) is 28.4 Å². The van der Waals surface area contributed by atoms with Crippen LogP contribution in [0.2, 0.25) is 0 Å². The number of rotatable bonds is 18. The van der Waals surface area contributed by atoms with Gasteiger partial charge in [-0.25, -0.2) is 0 Å². The summed E-state index contributed by atoms with van der Waals surface area (Å²) in [5.41, 5.74) is 0. The molecule has 0 amide bonds. The minimum Gasteiger partial charge on any atom is -0.318 e. The van der Waals surface area contributed by atoms with E-state index in [2.05, 4.69) is 18.1 Å². The predicted octanol–water partition coefficient (Wildman–Crippen LogP) is 7.32. The van der Waals surface area contributed by atoms with Gasteiger partial charge >= 0.3 is 21.1 Å². The highest BCUT2D eigenvalue weighted by molar-refractivity contribution is 8.03. The van der Waals surface area contributed by atoms with E-state index in [1.807, 2.05) is 6.92 Å². The van der Waals surface area contributed by atoms with Crippen LogP contribution in [-0.2, 0) is 18.4 Å². The lowest BCUT2D eigenvalue weighted by atomic mass is 10.1. The molecule has 4 unspecified atom stereocenters. The lowest BCUT2D eigenvalue weighted by Crippen LogP contribution is -2.27. The Morgan fingerprint density at radius 1 is 1.03 bits per heavy atom. The molecule has 170 valence electrons. The van der Waals surface area contributed by atoms with Crippen molar-refractivity contribution >= 4 is 27.8 Å². The van der Waals surface area contributed by atoms with E-state index < -0.39 is 27.2 Å². The molecule has 0 bridgehead atoms. The Labute approximate surface area is 184 Å². The number of hydrogen-bond donors (Lipinski definition) is 1. The normalized spacial score (nSPS) is 16.6. The molecule has 0 aliphatic carbocycles. The zero-order chi connectivity index (χ0) is 22.0. The van der Waals surface area contributed by atoms with Crippen LogP contribution in [0.15, 0.2) is 0 Å². The van der Waals surface area contributed by atoms with E-state index in [-0.39, 0.29) is 6.61 Å². The molecule has 0 saturated carbocycles. The molecule has 0 aliphatic heterocycles. The van der Waals surface area contributed by atoms with Crippen molar-refractivity contribution in [3.05, 3.63) is 0 Å². The van der Waals surface area contributed by atoms with Crippen LogP contribution < -0.4 is 0 Å². The van der Waals surface area contributed by atoms with Crippen molar-refractivity contribution in [1.29, 1.82) is 0 Å². The summed E-state index contributed by atoms with van der Waals surface area (Å²) in [7, 11) is -5.52. The van der Waals surface area contributed by atoms with E-state index >= 15 is 0 Å². The molecule has 0 saturated heterocycles. The van der Waals surface area contributed by atoms with Gasteiger partial charge < -0.3 is 9.63 Å². The SMILES string of the molecule is CCCCCCCCCCCCSC#CC(OCC)([PH+]=O)P(=O)(O)OC(C)CC. The molecular formula is C21H41O5P2S+. The molecule has 0 aromatic carbocycles. The van der Waals surface area contributed by atoms with Gasteiger partial charge in [-0.15, -0.1) is 0 Å². The molecular weight excluding hydrogens is 426 g/mol. The first kappa shape index (κ1) is 29.1. The summed E-state index contributed by atoms with van der Waals surface area (Å²) < 4.78 is 35.1. The Kier molecular flexibility index (Phi) is 17.8. The Hall–Kier alpha value is 0.120. The second kappa shape index (κ2) is 17.8. The van der Waals surface area contributed by atoms with Crippen molar-refractivity contribution in [2.45, 2.75) is 110 Å². The highest BCUT2D eigenvalue weighted by Gasteiger charge is 2.59. The van der Waals surface area contributed by atoms with Gasteiger partial charge in [0.25, 0.3) is 0 Å². The first-order valence-electron chi connectivity index (χ1n) is 11.1. The van der Waals surface area contributed by atoms with E-state index in [0.717, 1.165) is 12.2 Å². The standard InChI is InChI=1S/C21H40O5P2S/c1-5-8-9-10-11-12-13-14-15-16-18-29-19-17-21(27-22,25-7-3)28(23,24)26-20(4)6-2/h20H,5-16,18H2,1-4H3,(H,23,24)/p+1. The number of ether oxygens (including phenoxy) is 1. The highest BCUT2D eigenvalue weighted by atomic mass is 32.2. The highest BCUT2D eigenvalue weighted by Crippen LogP contribution is 2.62. The smallest absolute Gasteiger partial charge is 0.318 e. The quantitative estimate of drug-likeness (QED) is 0.129. The molecule has 29 heavy (non-hydrogen) atoms. The van der Waals surface area contributed by atoms with E-state index in [4.69, 9.17) is 9.26 Å². The molecule has 8 heteroatoms. The van der Waals surface area contributed by atoms with Gasteiger partial charge in [-0.3, -0.25) is 9.09 Å². The zero-order valence-corrected chi connectivity index (χ0v) is 21.4. The summed E-state index contributed by atoms with van der Waals surface area (Å²) in [4.78, 5) is 10.4. The van der Waals surface area contributed by atoms with Crippen molar-refractivity contribution in [2.24, 2.45) is 0 Å². The summed E-state index contributed by atoms with van der Waals surface area (Å²) in [5, 5.41) is 0.864. The van der Waals surface area contributed by atoms with Gasteiger partial charge in [0, 0.05) is 11.7 Å². The summed E-state index contributed by atoms with van der Waals surface area (Å²) in [6, 6.07) is 0. The number of unbranched alkanes of at least 4 members (excludes halogenated alkanes) is 9. The number of thioether (sulfide) groups is 1. The van der Waals surface area contributed by atoms with Gasteiger partial charge in [0.2, 0.25) is 0 Å². The molecule has 0 spiro atoms. The average molecular weight is 468 g/mol. The fraction of sp³-hybridized carbons (Fsp3) is 0.905. The van der Waals surface area contributed by atoms with Crippen molar-refractivity contribution in [2.75, 3.05) is 12.4 Å². The molecule has 0 radical (unpaired) electrons. The molecule has 0 aromatic heterocycles. The van der Waals surface area contributed by atoms with Crippen molar-refractivity contribution < 1.29 is 23.3 Å². The van der Waals surface area contributed by atoms with Gasteiger partial charge in [0.15, 0.2) is 0 Å². The summed E-state index contributed by atoms with van der Waals surface area (Å²) in [6.07, 6.45) is 12.9. The van der Waals surface area contributed by atoms with E-state index in [0.29, 0.717) is 6.42 Å². The maximum absolute atomic E-state index is 12.7. The molecule has 4 atom stereocenters. The molecule has 5 nitrogen and oxygen atoms in total. The van der Waals surface area contributed by atoms with Crippen molar-refractivity contribution in [1.82, 2.24) is 0 Å². The maximum atomic E-state index is 12.7. The average Bonchev–Trinajstić information content (AvgIpc) is 2.70. The summed E-state index contributed by atoms with van der Waals surface area (Å²) in [5.74, 6) is 3.48. The fourth-order valence-corrected chi connectivity index (χ4v) is 5.76. The molecule has 0 aromatic rings. The van der Waals surface area contributed by atoms with Crippen LogP contribution in [0, 0.1) is 11.2 Å². The molecule has 0 fully saturated rings. The zero-order valence-electron chi connectivity index (χ0n) is 18.7. The third kappa shape index (κ3) is 12.5. The van der Waals surface area contributed by atoms with Gasteiger partial charge in [-0.05, 0) is 31.9 Å². The minimum atomic E-state index is -4.32. The first-order valence-corrected chi connectivity index (χ1v) is 14.5. The van der Waals surface area contributed by atoms with E-state index in [1.165, 1.54) is 69.5 Å². The predicted molar refractivity (Wildman–Crippen MR) is 126 cm³/mol. The van der Waals surface area contributed by atoms with Crippen LogP contribution in [0.25, 0.3) is 0 Å². The maximum Gasteiger partial charge on any atom is 0.425 e. The Morgan fingerprint density at radius 2 is 1.59 bits per heavy atom. The van der Waals surface area contributed by atoms with Crippen molar-refractivity contribution in [3.8, 4) is 11.2 Å². The van der Waals surface area contributed by atoms with Crippen LogP contribution in [0.5, 0.6) is 0 Å². The second-order valence-electron chi connectivity index (χ2n) is 7.28. The van der Waals surface area contributed by atoms with Gasteiger partial charge in [-0.2, -0.15) is 0 Å². The van der Waals surface area contributed by atoms with Crippen LogP contribution in [0.1, 0.15) is 98.3 Å². The lowest BCUT2D eigenvalue weighted by molar-refractivity contribution is 0.0825.